The number of hydrogen-bond acceptors (Lipinski definition) is 4. The molecular formula is C18H26N2O4S. The first-order valence-corrected chi connectivity index (χ1v) is 10.7. The number of likely N-dealkylation sites (tertiary alicyclic amines) is 1. The molecule has 0 bridgehead atoms. The highest BCUT2D eigenvalue weighted by atomic mass is 32.2. The second-order valence-corrected chi connectivity index (χ2v) is 8.79. The Balaban J connectivity index is 1.49. The largest absolute Gasteiger partial charge is 0.373 e. The molecule has 0 radical (unpaired) electrons. The predicted octanol–water partition coefficient (Wildman–Crippen LogP) is 1.62. The quantitative estimate of drug-likeness (QED) is 0.794. The van der Waals surface area contributed by atoms with Crippen LogP contribution in [-0.4, -0.2) is 61.6 Å². The van der Waals surface area contributed by atoms with Gasteiger partial charge in [0.15, 0.2) is 0 Å². The van der Waals surface area contributed by atoms with Gasteiger partial charge in [0.05, 0.1) is 19.0 Å². The average Bonchev–Trinajstić information content (AvgIpc) is 3.11. The Morgan fingerprint density at radius 3 is 2.44 bits per heavy atom. The van der Waals surface area contributed by atoms with Gasteiger partial charge in [-0.1, -0.05) is 30.3 Å². The molecule has 2 saturated heterocycles. The van der Waals surface area contributed by atoms with Crippen molar-refractivity contribution in [2.45, 2.75) is 44.4 Å². The predicted molar refractivity (Wildman–Crippen MR) is 95.4 cm³/mol. The van der Waals surface area contributed by atoms with Crippen molar-refractivity contribution < 1.29 is 17.9 Å². The maximum Gasteiger partial charge on any atom is 0.241 e. The number of ether oxygens (including phenoxy) is 1. The Kier molecular flexibility index (Phi) is 5.76. The van der Waals surface area contributed by atoms with Crippen LogP contribution in [0.2, 0.25) is 0 Å². The highest BCUT2D eigenvalue weighted by molar-refractivity contribution is 7.88. The van der Waals surface area contributed by atoms with Crippen LogP contribution in [-0.2, 0) is 26.2 Å². The smallest absolute Gasteiger partial charge is 0.241 e. The Labute approximate surface area is 149 Å². The zero-order valence-corrected chi connectivity index (χ0v) is 15.5. The van der Waals surface area contributed by atoms with Crippen molar-refractivity contribution in [1.29, 1.82) is 0 Å². The van der Waals surface area contributed by atoms with E-state index in [0.29, 0.717) is 32.7 Å². The van der Waals surface area contributed by atoms with E-state index in [4.69, 9.17) is 4.74 Å². The molecule has 2 heterocycles. The third kappa shape index (κ3) is 4.59. The van der Waals surface area contributed by atoms with Crippen molar-refractivity contribution >= 4 is 15.9 Å². The zero-order chi connectivity index (χ0) is 17.9. The summed E-state index contributed by atoms with van der Waals surface area (Å²) in [6, 6.07) is 9.54. The lowest BCUT2D eigenvalue weighted by Gasteiger charge is -2.35. The molecule has 0 aromatic heterocycles. The molecule has 0 aliphatic carbocycles. The van der Waals surface area contributed by atoms with Gasteiger partial charge in [-0.05, 0) is 31.2 Å². The molecule has 0 spiro atoms. The van der Waals surface area contributed by atoms with Crippen molar-refractivity contribution in [3.05, 3.63) is 35.9 Å². The number of carbonyl (C=O) groups excluding carboxylic acids is 1. The summed E-state index contributed by atoms with van der Waals surface area (Å²) in [6.45, 7) is 2.30. The Morgan fingerprint density at radius 1 is 1.12 bits per heavy atom. The molecular weight excluding hydrogens is 340 g/mol. The first kappa shape index (κ1) is 18.4. The molecule has 1 aromatic carbocycles. The minimum Gasteiger partial charge on any atom is -0.373 e. The maximum atomic E-state index is 12.7. The van der Waals surface area contributed by atoms with Crippen LogP contribution in [0.15, 0.2) is 30.3 Å². The van der Waals surface area contributed by atoms with Crippen LogP contribution < -0.4 is 0 Å². The molecule has 2 aliphatic rings. The second kappa shape index (κ2) is 7.85. The van der Waals surface area contributed by atoms with E-state index < -0.39 is 16.1 Å². The van der Waals surface area contributed by atoms with Gasteiger partial charge in [0.25, 0.3) is 0 Å². The van der Waals surface area contributed by atoms with Gasteiger partial charge in [0.1, 0.15) is 6.04 Å². The monoisotopic (exact) mass is 366 g/mol. The van der Waals surface area contributed by atoms with Crippen molar-refractivity contribution in [2.24, 2.45) is 0 Å². The van der Waals surface area contributed by atoms with Crippen molar-refractivity contribution in [3.8, 4) is 0 Å². The van der Waals surface area contributed by atoms with Gasteiger partial charge >= 0.3 is 0 Å². The summed E-state index contributed by atoms with van der Waals surface area (Å²) in [5.74, 6) is -0.0514. The number of hydrogen-bond donors (Lipinski definition) is 0. The number of piperidine rings is 1. The molecule has 2 fully saturated rings. The van der Waals surface area contributed by atoms with E-state index in [9.17, 15) is 13.2 Å². The minimum atomic E-state index is -3.32. The molecule has 0 N–H and O–H groups in total. The first-order valence-electron chi connectivity index (χ1n) is 8.86. The molecule has 25 heavy (non-hydrogen) atoms. The van der Waals surface area contributed by atoms with Crippen LogP contribution in [0.3, 0.4) is 0 Å². The van der Waals surface area contributed by atoms with E-state index in [0.717, 1.165) is 24.8 Å². The summed E-state index contributed by atoms with van der Waals surface area (Å²) in [4.78, 5) is 14.5. The van der Waals surface area contributed by atoms with Gasteiger partial charge in [-0.3, -0.25) is 4.79 Å². The van der Waals surface area contributed by atoms with E-state index in [1.54, 1.807) is 4.90 Å². The van der Waals surface area contributed by atoms with Gasteiger partial charge in [-0.2, -0.15) is 4.31 Å². The van der Waals surface area contributed by atoms with Gasteiger partial charge in [0, 0.05) is 19.6 Å². The highest BCUT2D eigenvalue weighted by Crippen LogP contribution is 2.24. The van der Waals surface area contributed by atoms with Gasteiger partial charge in [-0.25, -0.2) is 8.42 Å². The fourth-order valence-corrected chi connectivity index (χ4v) is 4.74. The number of carbonyl (C=O) groups is 1. The molecule has 1 amide bonds. The van der Waals surface area contributed by atoms with E-state index in [2.05, 4.69) is 0 Å². The number of benzene rings is 1. The standard InChI is InChI=1S/C18H26N2O4S/c1-25(22,23)20-11-5-8-17(20)18(21)19-12-9-16(10-13-19)24-14-15-6-3-2-4-7-15/h2-4,6-7,16-17H,5,8-14H2,1H3. The Morgan fingerprint density at radius 2 is 1.80 bits per heavy atom. The Hall–Kier alpha value is -1.44. The number of rotatable bonds is 5. The fourth-order valence-electron chi connectivity index (χ4n) is 3.63. The summed E-state index contributed by atoms with van der Waals surface area (Å²) in [6.07, 6.45) is 4.30. The molecule has 1 aromatic rings. The lowest BCUT2D eigenvalue weighted by Crippen LogP contribution is -2.50. The Bertz CT molecular complexity index is 684. The third-order valence-corrected chi connectivity index (χ3v) is 6.29. The molecule has 1 atom stereocenters. The van der Waals surface area contributed by atoms with Crippen molar-refractivity contribution in [2.75, 3.05) is 25.9 Å². The molecule has 7 heteroatoms. The van der Waals surface area contributed by atoms with Crippen LogP contribution in [0.5, 0.6) is 0 Å². The van der Waals surface area contributed by atoms with Gasteiger partial charge in [0.2, 0.25) is 15.9 Å². The van der Waals surface area contributed by atoms with E-state index >= 15 is 0 Å². The van der Waals surface area contributed by atoms with Gasteiger partial charge in [-0.15, -0.1) is 0 Å². The van der Waals surface area contributed by atoms with Crippen LogP contribution in [0.25, 0.3) is 0 Å². The SMILES string of the molecule is CS(=O)(=O)N1CCCC1C(=O)N1CCC(OCc2ccccc2)CC1. The van der Waals surface area contributed by atoms with Crippen LogP contribution >= 0.6 is 0 Å². The van der Waals surface area contributed by atoms with Crippen LogP contribution in [0.4, 0.5) is 0 Å². The summed E-state index contributed by atoms with van der Waals surface area (Å²) in [5.41, 5.74) is 1.15. The number of amides is 1. The molecule has 3 rings (SSSR count). The molecule has 2 aliphatic heterocycles. The van der Waals surface area contributed by atoms with Gasteiger partial charge < -0.3 is 9.64 Å². The lowest BCUT2D eigenvalue weighted by molar-refractivity contribution is -0.137. The van der Waals surface area contributed by atoms with E-state index in [1.165, 1.54) is 10.6 Å². The lowest BCUT2D eigenvalue weighted by atomic mass is 10.1. The number of nitrogens with zero attached hydrogens (tertiary/aromatic N) is 2. The van der Waals surface area contributed by atoms with E-state index in [-0.39, 0.29) is 12.0 Å². The zero-order valence-electron chi connectivity index (χ0n) is 14.6. The van der Waals surface area contributed by atoms with E-state index in [1.807, 2.05) is 30.3 Å². The minimum absolute atomic E-state index is 0.0514. The third-order valence-electron chi connectivity index (χ3n) is 5.00. The molecule has 6 nitrogen and oxygen atoms in total. The normalized spacial score (nSPS) is 23.1. The fraction of sp³-hybridized carbons (Fsp3) is 0.611. The summed E-state index contributed by atoms with van der Waals surface area (Å²) >= 11 is 0. The number of sulfonamides is 1. The van der Waals surface area contributed by atoms with Crippen molar-refractivity contribution in [3.63, 3.8) is 0 Å². The highest BCUT2D eigenvalue weighted by Gasteiger charge is 2.39. The average molecular weight is 366 g/mol. The summed E-state index contributed by atoms with van der Waals surface area (Å²) < 4.78 is 31.0. The van der Waals surface area contributed by atoms with Crippen LogP contribution in [0.1, 0.15) is 31.2 Å². The van der Waals surface area contributed by atoms with Crippen LogP contribution in [0, 0.1) is 0 Å². The second-order valence-electron chi connectivity index (χ2n) is 6.85. The summed E-state index contributed by atoms with van der Waals surface area (Å²) in [7, 11) is -3.32. The molecule has 1 unspecified atom stereocenters. The molecule has 138 valence electrons. The summed E-state index contributed by atoms with van der Waals surface area (Å²) in [5, 5.41) is 0. The first-order chi connectivity index (χ1) is 11.9. The molecule has 0 saturated carbocycles. The van der Waals surface area contributed by atoms with Crippen molar-refractivity contribution in [1.82, 2.24) is 9.21 Å². The topological polar surface area (TPSA) is 66.9 Å². The maximum absolute atomic E-state index is 12.7.